The number of hydrogen-bond acceptors (Lipinski definition) is 11. The molecule has 15 heteroatoms. The molecule has 15 nitrogen and oxygen atoms in total. The molecule has 0 radical (unpaired) electrons. The smallest absolute Gasteiger partial charge is 0.308 e. The number of rotatable bonds is 27. The van der Waals surface area contributed by atoms with Gasteiger partial charge in [-0.2, -0.15) is 0 Å². The van der Waals surface area contributed by atoms with Gasteiger partial charge in [-0.25, -0.2) is 0 Å². The molecule has 4 rings (SSSR count). The summed E-state index contributed by atoms with van der Waals surface area (Å²) in [5.41, 5.74) is 0.785. The molecule has 0 saturated carbocycles. The summed E-state index contributed by atoms with van der Waals surface area (Å²) in [5.74, 6) is -3.95. The SMILES string of the molecule is C#C.CCNC(=O)CCC(=O)OCN(C(=O)CN1CCOCC1)[C@@H](CCc1ccccc1)C(=O)N[C@@H](CC(C)C)C(=O)C[C@@H](Cc1ccccc1)C(=O)N[C@@H](CC(C)C)C(=O)[C@@]1(C)CO1. The van der Waals surface area contributed by atoms with Crippen LogP contribution in [0.25, 0.3) is 0 Å². The minimum Gasteiger partial charge on any atom is -0.444 e. The maximum atomic E-state index is 14.8. The Balaban J connectivity index is 0.00000553. The molecule has 2 saturated heterocycles. The van der Waals surface area contributed by atoms with E-state index in [9.17, 15) is 33.6 Å². The lowest BCUT2D eigenvalue weighted by Crippen LogP contribution is -2.56. The number of ether oxygens (including phenoxy) is 3. The first kappa shape index (κ1) is 53.9. The van der Waals surface area contributed by atoms with E-state index in [1.54, 1.807) is 13.8 Å². The van der Waals surface area contributed by atoms with Crippen molar-refractivity contribution in [1.82, 2.24) is 25.8 Å². The monoisotopic (exact) mass is 902 g/mol. The highest BCUT2D eigenvalue weighted by molar-refractivity contribution is 5.98. The maximum Gasteiger partial charge on any atom is 0.308 e. The Labute approximate surface area is 385 Å². The van der Waals surface area contributed by atoms with E-state index in [2.05, 4.69) is 28.8 Å². The van der Waals surface area contributed by atoms with E-state index < -0.39 is 60.1 Å². The second-order valence-corrected chi connectivity index (χ2v) is 17.7. The number of benzene rings is 2. The molecule has 2 aromatic carbocycles. The van der Waals surface area contributed by atoms with Gasteiger partial charge in [-0.05, 0) is 68.9 Å². The van der Waals surface area contributed by atoms with Crippen molar-refractivity contribution in [1.29, 1.82) is 0 Å². The predicted molar refractivity (Wildman–Crippen MR) is 247 cm³/mol. The van der Waals surface area contributed by atoms with Crippen LogP contribution in [0.3, 0.4) is 0 Å². The van der Waals surface area contributed by atoms with E-state index in [1.807, 2.05) is 93.3 Å². The molecule has 2 aliphatic rings. The van der Waals surface area contributed by atoms with E-state index in [1.165, 1.54) is 4.90 Å². The van der Waals surface area contributed by atoms with Gasteiger partial charge in [-0.15, -0.1) is 12.8 Å². The number of terminal acetylenes is 1. The van der Waals surface area contributed by atoms with Gasteiger partial charge in [-0.3, -0.25) is 43.4 Å². The standard InChI is InChI=1S/C48H69N5O10.C2H2/c1-7-49-42(55)20-21-44(57)62-32-53(43(56)30-52-22-24-61-25-23-52)40(19-18-35-14-10-8-11-15-35)47(60)50-38(26-33(2)3)41(54)29-37(28-36-16-12-9-13-17-36)46(59)51-39(27-34(4)5)45(58)48(6)31-63-48;1-2/h8-17,33-34,37-40H,7,18-32H2,1-6H3,(H,49,55)(H,50,60)(H,51,59);1-2H/t37-,38+,39+,40+,48-;/m1./s1. The number of amides is 4. The number of morpholine rings is 1. The summed E-state index contributed by atoms with van der Waals surface area (Å²) in [6.45, 7) is 13.2. The van der Waals surface area contributed by atoms with Gasteiger partial charge in [0.2, 0.25) is 23.6 Å². The summed E-state index contributed by atoms with van der Waals surface area (Å²) in [6.07, 6.45) is 8.83. The molecule has 0 unspecified atom stereocenters. The molecular formula is C50H71N5O10. The van der Waals surface area contributed by atoms with Crippen LogP contribution in [0.2, 0.25) is 0 Å². The van der Waals surface area contributed by atoms with Crippen LogP contribution in [0.4, 0.5) is 0 Å². The summed E-state index contributed by atoms with van der Waals surface area (Å²) in [4.78, 5) is 99.5. The van der Waals surface area contributed by atoms with Gasteiger partial charge in [0.25, 0.3) is 0 Å². The van der Waals surface area contributed by atoms with Crippen molar-refractivity contribution in [2.24, 2.45) is 17.8 Å². The Hall–Kier alpha value is -5.43. The highest BCUT2D eigenvalue weighted by Gasteiger charge is 2.50. The summed E-state index contributed by atoms with van der Waals surface area (Å²) in [6, 6.07) is 15.8. The third-order valence-corrected chi connectivity index (χ3v) is 11.3. The van der Waals surface area contributed by atoms with Crippen LogP contribution < -0.4 is 16.0 Å². The first-order chi connectivity index (χ1) is 31.1. The van der Waals surface area contributed by atoms with Crippen LogP contribution in [-0.2, 0) is 60.6 Å². The highest BCUT2D eigenvalue weighted by Crippen LogP contribution is 2.30. The summed E-state index contributed by atoms with van der Waals surface area (Å²) >= 11 is 0. The molecule has 0 spiro atoms. The Bertz CT molecular complexity index is 1860. The van der Waals surface area contributed by atoms with E-state index >= 15 is 0 Å². The van der Waals surface area contributed by atoms with Gasteiger partial charge < -0.3 is 30.2 Å². The van der Waals surface area contributed by atoms with Crippen molar-refractivity contribution >= 4 is 41.2 Å². The minimum absolute atomic E-state index is 0.0549. The van der Waals surface area contributed by atoms with E-state index in [4.69, 9.17) is 14.2 Å². The number of ketones is 2. The lowest BCUT2D eigenvalue weighted by molar-refractivity contribution is -0.160. The Morgan fingerprint density at radius 2 is 1.38 bits per heavy atom. The molecule has 5 atom stereocenters. The number of carbonyl (C=O) groups excluding carboxylic acids is 7. The molecule has 2 aliphatic heterocycles. The van der Waals surface area contributed by atoms with Crippen molar-refractivity contribution in [3.05, 3.63) is 71.8 Å². The third-order valence-electron chi connectivity index (χ3n) is 11.3. The molecule has 4 amide bonds. The first-order valence-electron chi connectivity index (χ1n) is 22.8. The van der Waals surface area contributed by atoms with E-state index in [0.29, 0.717) is 45.7 Å². The van der Waals surface area contributed by atoms with Crippen LogP contribution in [-0.4, -0.2) is 127 Å². The third kappa shape index (κ3) is 18.9. The lowest BCUT2D eigenvalue weighted by atomic mass is 9.87. The molecule has 65 heavy (non-hydrogen) atoms. The molecule has 0 aliphatic carbocycles. The van der Waals surface area contributed by atoms with Crippen molar-refractivity contribution in [2.45, 2.75) is 117 Å². The summed E-state index contributed by atoms with van der Waals surface area (Å²) in [5, 5.41) is 8.59. The number of hydrogen-bond donors (Lipinski definition) is 3. The Morgan fingerprint density at radius 3 is 1.95 bits per heavy atom. The van der Waals surface area contributed by atoms with Crippen LogP contribution >= 0.6 is 0 Å². The van der Waals surface area contributed by atoms with Crippen LogP contribution in [0, 0.1) is 30.6 Å². The number of carbonyl (C=O) groups is 7. The summed E-state index contributed by atoms with van der Waals surface area (Å²) < 4.78 is 16.5. The zero-order chi connectivity index (χ0) is 47.9. The Morgan fingerprint density at radius 1 is 0.815 bits per heavy atom. The largest absolute Gasteiger partial charge is 0.444 e. The number of nitrogens with zero attached hydrogens (tertiary/aromatic N) is 2. The molecule has 3 N–H and O–H groups in total. The average Bonchev–Trinajstić information content (AvgIpc) is 4.05. The van der Waals surface area contributed by atoms with Crippen molar-refractivity contribution < 1.29 is 47.8 Å². The van der Waals surface area contributed by atoms with Crippen molar-refractivity contribution in [3.8, 4) is 12.8 Å². The number of esters is 1. The zero-order valence-electron chi connectivity index (χ0n) is 39.2. The first-order valence-corrected chi connectivity index (χ1v) is 22.8. The molecule has 2 fully saturated rings. The maximum absolute atomic E-state index is 14.8. The molecule has 0 bridgehead atoms. The molecular weight excluding hydrogens is 831 g/mol. The average molecular weight is 902 g/mol. The lowest BCUT2D eigenvalue weighted by Gasteiger charge is -2.34. The van der Waals surface area contributed by atoms with E-state index in [-0.39, 0.29) is 81.0 Å². The molecule has 0 aromatic heterocycles. The van der Waals surface area contributed by atoms with Gasteiger partial charge >= 0.3 is 5.97 Å². The van der Waals surface area contributed by atoms with E-state index in [0.717, 1.165) is 11.1 Å². The van der Waals surface area contributed by atoms with Gasteiger partial charge in [-0.1, -0.05) is 88.4 Å². The fraction of sp³-hybridized carbons (Fsp3) is 0.580. The van der Waals surface area contributed by atoms with Crippen molar-refractivity contribution in [2.75, 3.05) is 52.7 Å². The topological polar surface area (TPSA) is 193 Å². The van der Waals surface area contributed by atoms with Crippen molar-refractivity contribution in [3.63, 3.8) is 0 Å². The predicted octanol–water partition coefficient (Wildman–Crippen LogP) is 4.05. The number of epoxide rings is 1. The van der Waals surface area contributed by atoms with Gasteiger partial charge in [0.1, 0.15) is 11.6 Å². The van der Waals surface area contributed by atoms with Crippen LogP contribution in [0.1, 0.15) is 91.2 Å². The minimum atomic E-state index is -1.17. The van der Waals surface area contributed by atoms with Gasteiger partial charge in [0, 0.05) is 38.4 Å². The normalized spacial score (nSPS) is 17.6. The molecule has 356 valence electrons. The highest BCUT2D eigenvalue weighted by atomic mass is 16.6. The second-order valence-electron chi connectivity index (χ2n) is 17.7. The van der Waals surface area contributed by atoms with Gasteiger partial charge in [0.15, 0.2) is 18.3 Å². The second kappa shape index (κ2) is 27.8. The number of Topliss-reactive ketones (excluding diaryl/α,β-unsaturated/α-hetero) is 2. The fourth-order valence-corrected chi connectivity index (χ4v) is 7.63. The zero-order valence-corrected chi connectivity index (χ0v) is 39.2. The molecule has 2 aromatic rings. The van der Waals surface area contributed by atoms with Gasteiger partial charge in [0.05, 0.1) is 44.9 Å². The quantitative estimate of drug-likeness (QED) is 0.0507. The van der Waals surface area contributed by atoms with Crippen LogP contribution in [0.5, 0.6) is 0 Å². The number of nitrogens with one attached hydrogen (secondary N) is 3. The fourth-order valence-electron chi connectivity index (χ4n) is 7.63. The Kier molecular flexibility index (Phi) is 23.1. The summed E-state index contributed by atoms with van der Waals surface area (Å²) in [7, 11) is 0. The number of aryl methyl sites for hydroxylation is 1. The van der Waals surface area contributed by atoms with Crippen LogP contribution in [0.15, 0.2) is 60.7 Å². The molecule has 2 heterocycles.